The maximum absolute atomic E-state index is 11.9. The van der Waals surface area contributed by atoms with Crippen LogP contribution in [0.2, 0.25) is 0 Å². The van der Waals surface area contributed by atoms with Gasteiger partial charge in [-0.15, -0.1) is 16.7 Å². The van der Waals surface area contributed by atoms with Gasteiger partial charge in [0.15, 0.2) is 5.78 Å². The van der Waals surface area contributed by atoms with Gasteiger partial charge in [0.25, 0.3) is 0 Å². The minimum Gasteiger partial charge on any atom is -0.369 e. The molecule has 1 heterocycles. The Balaban J connectivity index is 1.60. The maximum Gasteiger partial charge on any atom is 0.159 e. The van der Waals surface area contributed by atoms with E-state index in [9.17, 15) is 4.79 Å². The molecule has 30 heavy (non-hydrogen) atoms. The normalized spacial score (nSPS) is 13.8. The van der Waals surface area contributed by atoms with E-state index in [4.69, 9.17) is 11.6 Å². The van der Waals surface area contributed by atoms with Crippen molar-refractivity contribution in [1.82, 2.24) is 15.0 Å². The van der Waals surface area contributed by atoms with E-state index < -0.39 is 0 Å². The van der Waals surface area contributed by atoms with Gasteiger partial charge in [0.05, 0.1) is 12.7 Å². The number of anilines is 1. The average Bonchev–Trinajstić information content (AvgIpc) is 3.26. The highest BCUT2D eigenvalue weighted by molar-refractivity contribution is 6.17. The van der Waals surface area contributed by atoms with Crippen LogP contribution in [0.5, 0.6) is 0 Å². The summed E-state index contributed by atoms with van der Waals surface area (Å²) in [6.45, 7) is 7.55. The van der Waals surface area contributed by atoms with Crippen LogP contribution in [0.25, 0.3) is 11.1 Å². The van der Waals surface area contributed by atoms with Crippen LogP contribution in [0.3, 0.4) is 0 Å². The number of rotatable bonds is 7. The van der Waals surface area contributed by atoms with Crippen LogP contribution in [0.4, 0.5) is 5.69 Å². The molecule has 0 amide bonds. The van der Waals surface area contributed by atoms with Gasteiger partial charge in [-0.2, -0.15) is 0 Å². The van der Waals surface area contributed by atoms with Gasteiger partial charge in [-0.3, -0.25) is 9.48 Å². The molecule has 4 rings (SSSR count). The molecule has 0 saturated carbocycles. The maximum atomic E-state index is 11.9. The average molecular weight is 423 g/mol. The van der Waals surface area contributed by atoms with Gasteiger partial charge in [0.1, 0.15) is 5.69 Å². The van der Waals surface area contributed by atoms with E-state index in [0.717, 1.165) is 29.9 Å². The Labute approximate surface area is 182 Å². The first-order valence-electron chi connectivity index (χ1n) is 10.3. The molecule has 5 nitrogen and oxygen atoms in total. The first-order chi connectivity index (χ1) is 14.3. The molecule has 0 bridgehead atoms. The molecule has 1 aliphatic rings. The topological polar surface area (TPSA) is 51.0 Å². The van der Waals surface area contributed by atoms with Crippen molar-refractivity contribution in [2.45, 2.75) is 45.7 Å². The number of nitrogens with zero attached hydrogens (tertiary/aromatic N) is 4. The van der Waals surface area contributed by atoms with Crippen LogP contribution in [-0.2, 0) is 18.5 Å². The summed E-state index contributed by atoms with van der Waals surface area (Å²) in [5, 5.41) is 8.48. The number of carbonyl (C=O) groups is 1. The number of aromatic nitrogens is 3. The fourth-order valence-corrected chi connectivity index (χ4v) is 4.38. The monoisotopic (exact) mass is 422 g/mol. The van der Waals surface area contributed by atoms with Crippen molar-refractivity contribution >= 4 is 23.1 Å². The first-order valence-corrected chi connectivity index (χ1v) is 10.8. The number of fused-ring (bicyclic) bond motifs is 3. The van der Waals surface area contributed by atoms with Crippen molar-refractivity contribution in [3.8, 4) is 11.1 Å². The lowest BCUT2D eigenvalue weighted by molar-refractivity contribution is 0.101. The summed E-state index contributed by atoms with van der Waals surface area (Å²) in [6, 6.07) is 12.7. The molecular formula is C24H27ClN4O. The summed E-state index contributed by atoms with van der Waals surface area (Å²) < 4.78 is 1.85. The predicted octanol–water partition coefficient (Wildman–Crippen LogP) is 5.05. The molecule has 6 heteroatoms. The smallest absolute Gasteiger partial charge is 0.159 e. The zero-order chi connectivity index (χ0) is 21.5. The number of aryl methyl sites for hydroxylation is 1. The molecule has 1 aliphatic carbocycles. The van der Waals surface area contributed by atoms with Crippen molar-refractivity contribution in [3.05, 3.63) is 65.0 Å². The summed E-state index contributed by atoms with van der Waals surface area (Å²) in [6.07, 6.45) is 2.87. The van der Waals surface area contributed by atoms with Crippen LogP contribution in [0.15, 0.2) is 42.6 Å². The van der Waals surface area contributed by atoms with Crippen LogP contribution < -0.4 is 4.90 Å². The van der Waals surface area contributed by atoms with Gasteiger partial charge in [-0.05, 0) is 53.8 Å². The molecule has 0 N–H and O–H groups in total. The van der Waals surface area contributed by atoms with E-state index in [2.05, 4.69) is 66.4 Å². The van der Waals surface area contributed by atoms with Crippen LogP contribution in [-0.4, -0.2) is 33.7 Å². The zero-order valence-electron chi connectivity index (χ0n) is 17.9. The quantitative estimate of drug-likeness (QED) is 0.394. The highest BCUT2D eigenvalue weighted by atomic mass is 35.5. The van der Waals surface area contributed by atoms with E-state index in [-0.39, 0.29) is 11.2 Å². The third-order valence-electron chi connectivity index (χ3n) is 6.01. The standard InChI is InChI=1S/C24H27ClN4O/c1-16(30)17-6-8-20-21-9-7-19(13-23(21)24(2,3)22(20)12-17)28(4)14-18-15-29(27-26-18)11-5-10-25/h6-9,12-13,15H,5,10-11,14H2,1-4H3. The Morgan fingerprint density at radius 2 is 1.83 bits per heavy atom. The van der Waals surface area contributed by atoms with Crippen molar-refractivity contribution < 1.29 is 4.79 Å². The van der Waals surface area contributed by atoms with E-state index in [1.54, 1.807) is 6.92 Å². The number of alkyl halides is 1. The molecule has 0 aliphatic heterocycles. The molecule has 0 fully saturated rings. The van der Waals surface area contributed by atoms with Gasteiger partial charge in [0.2, 0.25) is 0 Å². The van der Waals surface area contributed by atoms with E-state index in [0.29, 0.717) is 12.4 Å². The van der Waals surface area contributed by atoms with Crippen LogP contribution in [0, 0.1) is 0 Å². The number of carbonyl (C=O) groups excluding carboxylic acids is 1. The fraction of sp³-hybridized carbons (Fsp3) is 0.375. The van der Waals surface area contributed by atoms with E-state index in [1.165, 1.54) is 22.3 Å². The van der Waals surface area contributed by atoms with Crippen molar-refractivity contribution in [3.63, 3.8) is 0 Å². The summed E-state index contributed by atoms with van der Waals surface area (Å²) >= 11 is 5.76. The Morgan fingerprint density at radius 3 is 2.53 bits per heavy atom. The molecule has 3 aromatic rings. The summed E-state index contributed by atoms with van der Waals surface area (Å²) in [7, 11) is 2.07. The summed E-state index contributed by atoms with van der Waals surface area (Å²) in [5.41, 5.74) is 7.64. The second-order valence-electron chi connectivity index (χ2n) is 8.54. The third kappa shape index (κ3) is 3.63. The van der Waals surface area contributed by atoms with Gasteiger partial charge in [-0.25, -0.2) is 0 Å². The number of hydrogen-bond donors (Lipinski definition) is 0. The van der Waals surface area contributed by atoms with Crippen LogP contribution in [0.1, 0.15) is 54.4 Å². The summed E-state index contributed by atoms with van der Waals surface area (Å²) in [5.74, 6) is 0.722. The molecular weight excluding hydrogens is 396 g/mol. The molecule has 0 unspecified atom stereocenters. The molecule has 2 aromatic carbocycles. The lowest BCUT2D eigenvalue weighted by Gasteiger charge is -2.24. The summed E-state index contributed by atoms with van der Waals surface area (Å²) in [4.78, 5) is 14.1. The van der Waals surface area contributed by atoms with Gasteiger partial charge in [-0.1, -0.05) is 37.3 Å². The predicted molar refractivity (Wildman–Crippen MR) is 121 cm³/mol. The Kier molecular flexibility index (Phi) is 5.41. The third-order valence-corrected chi connectivity index (χ3v) is 6.28. The number of benzene rings is 2. The van der Waals surface area contributed by atoms with Gasteiger partial charge >= 0.3 is 0 Å². The molecule has 0 spiro atoms. The second kappa shape index (κ2) is 7.88. The van der Waals surface area contributed by atoms with Crippen molar-refractivity contribution in [2.24, 2.45) is 0 Å². The second-order valence-corrected chi connectivity index (χ2v) is 8.92. The minimum atomic E-state index is -0.155. The molecule has 156 valence electrons. The molecule has 0 radical (unpaired) electrons. The Morgan fingerprint density at radius 1 is 1.13 bits per heavy atom. The number of ketones is 1. The lowest BCUT2D eigenvalue weighted by atomic mass is 9.81. The lowest BCUT2D eigenvalue weighted by Crippen LogP contribution is -2.19. The largest absolute Gasteiger partial charge is 0.369 e. The SMILES string of the molecule is CC(=O)c1ccc2c(c1)C(C)(C)c1cc(N(C)Cc3cn(CCCCl)nn3)ccc1-2. The van der Waals surface area contributed by atoms with Crippen molar-refractivity contribution in [2.75, 3.05) is 17.8 Å². The van der Waals surface area contributed by atoms with Crippen LogP contribution >= 0.6 is 11.6 Å². The number of halogens is 1. The zero-order valence-corrected chi connectivity index (χ0v) is 18.7. The fourth-order valence-electron chi connectivity index (χ4n) is 4.26. The van der Waals surface area contributed by atoms with Crippen molar-refractivity contribution in [1.29, 1.82) is 0 Å². The molecule has 0 saturated heterocycles. The minimum absolute atomic E-state index is 0.101. The van der Waals surface area contributed by atoms with Gasteiger partial charge < -0.3 is 4.90 Å². The van der Waals surface area contributed by atoms with Gasteiger partial charge in [0, 0.05) is 36.1 Å². The number of Topliss-reactive ketones (excluding diaryl/α,β-unsaturated/α-hetero) is 1. The number of hydrogen-bond acceptors (Lipinski definition) is 4. The Bertz CT molecular complexity index is 1100. The highest BCUT2D eigenvalue weighted by Crippen LogP contribution is 2.49. The first kappa shape index (κ1) is 20.6. The molecule has 1 aromatic heterocycles. The van der Waals surface area contributed by atoms with E-state index >= 15 is 0 Å². The highest BCUT2D eigenvalue weighted by Gasteiger charge is 2.36. The Hall–Kier alpha value is -2.66. The molecule has 0 atom stereocenters. The van der Waals surface area contributed by atoms with E-state index in [1.807, 2.05) is 16.9 Å².